The van der Waals surface area contributed by atoms with Crippen LogP contribution in [-0.4, -0.2) is 75.9 Å². The number of cyclic esters (lactones) is 1. The summed E-state index contributed by atoms with van der Waals surface area (Å²) in [6.07, 6.45) is 4.58. The number of aliphatic hydroxyl groups is 1. The van der Waals surface area contributed by atoms with Crippen LogP contribution >= 0.6 is 0 Å². The van der Waals surface area contributed by atoms with Crippen molar-refractivity contribution in [3.63, 3.8) is 0 Å². The van der Waals surface area contributed by atoms with Gasteiger partial charge < -0.3 is 19.9 Å². The molecule has 3 aliphatic rings. The van der Waals surface area contributed by atoms with Crippen LogP contribution in [0.3, 0.4) is 0 Å². The van der Waals surface area contributed by atoms with Crippen molar-refractivity contribution < 1.29 is 33.8 Å². The highest BCUT2D eigenvalue weighted by molar-refractivity contribution is 5.91. The number of hydrazine groups is 1. The summed E-state index contributed by atoms with van der Waals surface area (Å²) in [7, 11) is 0. The number of aliphatic hydroxyl groups excluding tert-OH is 1. The highest BCUT2D eigenvalue weighted by atomic mass is 16.6. The van der Waals surface area contributed by atoms with Crippen LogP contribution in [0.2, 0.25) is 0 Å². The van der Waals surface area contributed by atoms with E-state index in [1.807, 2.05) is 49.4 Å². The zero-order chi connectivity index (χ0) is 34.6. The number of esters is 2. The molecule has 12 heteroatoms. The fourth-order valence-corrected chi connectivity index (χ4v) is 6.66. The summed E-state index contributed by atoms with van der Waals surface area (Å²) in [5.74, 6) is -2.11. The number of rotatable bonds is 3. The number of carbonyl (C=O) groups is 4. The number of aromatic nitrogens is 1. The van der Waals surface area contributed by atoms with Crippen LogP contribution < -0.4 is 16.1 Å². The number of benzene rings is 1. The van der Waals surface area contributed by atoms with E-state index in [0.717, 1.165) is 22.2 Å². The number of ether oxygens (including phenoxy) is 2. The van der Waals surface area contributed by atoms with Crippen LogP contribution in [0.15, 0.2) is 36.4 Å². The number of nitrogens with zero attached hydrogens (tertiary/aromatic N) is 2. The fourth-order valence-electron chi connectivity index (χ4n) is 6.66. The van der Waals surface area contributed by atoms with Gasteiger partial charge in [-0.15, -0.1) is 0 Å². The summed E-state index contributed by atoms with van der Waals surface area (Å²) in [4.78, 5) is 58.1. The minimum absolute atomic E-state index is 0.275. The van der Waals surface area contributed by atoms with Crippen molar-refractivity contribution in [3.05, 3.63) is 47.7 Å². The van der Waals surface area contributed by atoms with Crippen LogP contribution in [0.4, 0.5) is 0 Å². The molecule has 48 heavy (non-hydrogen) atoms. The topological polar surface area (TPSA) is 159 Å². The van der Waals surface area contributed by atoms with Crippen LogP contribution in [0.25, 0.3) is 17.0 Å². The number of pyridine rings is 1. The Labute approximate surface area is 282 Å². The van der Waals surface area contributed by atoms with Crippen molar-refractivity contribution in [2.24, 2.45) is 11.3 Å². The van der Waals surface area contributed by atoms with Crippen molar-refractivity contribution in [3.8, 4) is 0 Å². The number of nitrogens with one attached hydrogen (secondary N) is 3. The van der Waals surface area contributed by atoms with Gasteiger partial charge in [0.2, 0.25) is 0 Å². The second-order valence-corrected chi connectivity index (χ2v) is 13.7. The molecule has 12 nitrogen and oxygen atoms in total. The fraction of sp³-hybridized carbons (Fsp3) is 0.583. The van der Waals surface area contributed by atoms with Gasteiger partial charge in [-0.25, -0.2) is 5.43 Å². The zero-order valence-corrected chi connectivity index (χ0v) is 28.5. The van der Waals surface area contributed by atoms with Crippen molar-refractivity contribution in [2.75, 3.05) is 6.54 Å². The van der Waals surface area contributed by atoms with Crippen LogP contribution in [0.5, 0.6) is 0 Å². The van der Waals surface area contributed by atoms with Crippen molar-refractivity contribution in [2.45, 2.75) is 116 Å². The molecule has 1 aliphatic carbocycles. The largest absolute Gasteiger partial charge is 0.462 e. The van der Waals surface area contributed by atoms with E-state index < -0.39 is 41.7 Å². The standard InChI is InChI=1S/C36H49N5O7/c1-6-30(42)47-26-14-17-36(18-15-26)16-13-24-9-10-25-11-12-27(39-29(25)20-24)22(4)37-32(43)28-8-7-19-41(40-28)34(45)23(5)38-33(44)31(21(2)3)48-35(36)46/h9-13,16,20-23,26,28,31-32,37,40,43H,6-8,14-15,17-19H2,1-5H3,(H,38,44)/b16-13+/t22-,23+,26-,28+,31+,32?,36+/m1/s1. The SMILES string of the molecule is CCC(=O)O[C@H]1CC[C@]2(/C=C/c3ccc4ccc(nc4c3)[C@@H](C)NC(O)[C@@H]3CCCN(N3)C(=O)[C@H](C)NC(=O)[C@H](C(C)C)OC2=O)CC1. The first-order valence-electron chi connectivity index (χ1n) is 17.2. The average molecular weight is 664 g/mol. The lowest BCUT2D eigenvalue weighted by Gasteiger charge is -2.38. The molecule has 3 heterocycles. The molecule has 4 N–H and O–H groups in total. The number of hydrogen-bond acceptors (Lipinski definition) is 10. The summed E-state index contributed by atoms with van der Waals surface area (Å²) in [6, 6.07) is 8.13. The molecule has 0 radical (unpaired) electrons. The molecule has 5 bridgehead atoms. The van der Waals surface area contributed by atoms with Gasteiger partial charge in [-0.3, -0.25) is 34.5 Å². The lowest BCUT2D eigenvalue weighted by molar-refractivity contribution is -0.170. The van der Waals surface area contributed by atoms with Crippen molar-refractivity contribution in [1.29, 1.82) is 0 Å². The molecule has 5 atom stereocenters. The Morgan fingerprint density at radius 1 is 1.10 bits per heavy atom. The van der Waals surface area contributed by atoms with Crippen LogP contribution in [0, 0.1) is 11.3 Å². The van der Waals surface area contributed by atoms with Crippen LogP contribution in [-0.2, 0) is 28.7 Å². The minimum Gasteiger partial charge on any atom is -0.462 e. The highest BCUT2D eigenvalue weighted by Gasteiger charge is 2.44. The first kappa shape index (κ1) is 35.4. The Bertz CT molecular complexity index is 1540. The molecule has 2 aliphatic heterocycles. The average Bonchev–Trinajstić information content (AvgIpc) is 3.08. The molecule has 1 saturated heterocycles. The second-order valence-electron chi connectivity index (χ2n) is 13.7. The number of carbonyl (C=O) groups excluding carboxylic acids is 4. The normalized spacial score (nSPS) is 31.4. The molecule has 1 aromatic carbocycles. The van der Waals surface area contributed by atoms with E-state index in [0.29, 0.717) is 45.1 Å². The van der Waals surface area contributed by atoms with Gasteiger partial charge in [-0.05, 0) is 76.0 Å². The zero-order valence-electron chi connectivity index (χ0n) is 28.5. The van der Waals surface area contributed by atoms with Gasteiger partial charge in [0, 0.05) is 24.4 Å². The quantitative estimate of drug-likeness (QED) is 0.357. The van der Waals surface area contributed by atoms with E-state index in [4.69, 9.17) is 14.5 Å². The molecule has 1 spiro atoms. The predicted molar refractivity (Wildman–Crippen MR) is 180 cm³/mol. The molecular formula is C36H49N5O7. The van der Waals surface area contributed by atoms with E-state index >= 15 is 0 Å². The highest BCUT2D eigenvalue weighted by Crippen LogP contribution is 2.41. The van der Waals surface area contributed by atoms with Gasteiger partial charge >= 0.3 is 11.9 Å². The molecule has 1 aromatic heterocycles. The molecule has 5 rings (SSSR count). The summed E-state index contributed by atoms with van der Waals surface area (Å²) >= 11 is 0. The number of fused-ring (bicyclic) bond motifs is 4. The lowest BCUT2D eigenvalue weighted by atomic mass is 9.72. The third-order valence-corrected chi connectivity index (χ3v) is 9.71. The van der Waals surface area contributed by atoms with Gasteiger partial charge in [0.25, 0.3) is 11.8 Å². The van der Waals surface area contributed by atoms with E-state index in [1.54, 1.807) is 27.7 Å². The molecule has 1 unspecified atom stereocenters. The smallest absolute Gasteiger partial charge is 0.316 e. The van der Waals surface area contributed by atoms with E-state index in [2.05, 4.69) is 16.1 Å². The molecule has 260 valence electrons. The minimum atomic E-state index is -1.14. The third kappa shape index (κ3) is 8.04. The Morgan fingerprint density at radius 2 is 1.83 bits per heavy atom. The lowest BCUT2D eigenvalue weighted by Crippen LogP contribution is -2.62. The van der Waals surface area contributed by atoms with Crippen LogP contribution in [0.1, 0.15) is 96.9 Å². The molecular weight excluding hydrogens is 614 g/mol. The second kappa shape index (κ2) is 15.1. The summed E-state index contributed by atoms with van der Waals surface area (Å²) in [5, 5.41) is 19.5. The molecule has 1 saturated carbocycles. The van der Waals surface area contributed by atoms with Crippen molar-refractivity contribution in [1.82, 2.24) is 26.1 Å². The number of hydrogen-bond donors (Lipinski definition) is 4. The summed E-state index contributed by atoms with van der Waals surface area (Å²) in [5.41, 5.74) is 4.41. The van der Waals surface area contributed by atoms with Gasteiger partial charge in [-0.2, -0.15) is 0 Å². The maximum absolute atomic E-state index is 14.1. The third-order valence-electron chi connectivity index (χ3n) is 9.71. The van der Waals surface area contributed by atoms with Gasteiger partial charge in [0.15, 0.2) is 6.10 Å². The van der Waals surface area contributed by atoms with Crippen molar-refractivity contribution >= 4 is 40.7 Å². The Hall–Kier alpha value is -3.87. The van der Waals surface area contributed by atoms with Gasteiger partial charge in [-0.1, -0.05) is 51.1 Å². The molecule has 2 amide bonds. The Balaban J connectivity index is 1.51. The van der Waals surface area contributed by atoms with Gasteiger partial charge in [0.1, 0.15) is 18.4 Å². The molecule has 2 aromatic rings. The summed E-state index contributed by atoms with van der Waals surface area (Å²) in [6.45, 7) is 9.26. The number of amides is 2. The summed E-state index contributed by atoms with van der Waals surface area (Å²) < 4.78 is 11.6. The maximum atomic E-state index is 14.1. The Kier molecular flexibility index (Phi) is 11.2. The first-order valence-corrected chi connectivity index (χ1v) is 17.2. The monoisotopic (exact) mass is 663 g/mol. The van der Waals surface area contributed by atoms with Gasteiger partial charge in [0.05, 0.1) is 22.7 Å². The van der Waals surface area contributed by atoms with E-state index in [9.17, 15) is 24.3 Å². The first-order chi connectivity index (χ1) is 22.9. The van der Waals surface area contributed by atoms with E-state index in [1.165, 1.54) is 5.01 Å². The Morgan fingerprint density at radius 3 is 2.54 bits per heavy atom. The maximum Gasteiger partial charge on any atom is 0.316 e. The van der Waals surface area contributed by atoms with E-state index in [-0.39, 0.29) is 36.4 Å². The molecule has 2 fully saturated rings. The predicted octanol–water partition coefficient (Wildman–Crippen LogP) is 3.68.